The Labute approximate surface area is 172 Å². The number of ether oxygens (including phenoxy) is 2. The number of benzene rings is 3. The second-order valence-corrected chi connectivity index (χ2v) is 6.45. The fraction of sp³-hybridized carbons (Fsp3) is 0.0909. The van der Waals surface area contributed by atoms with E-state index >= 15 is 0 Å². The third kappa shape index (κ3) is 6.05. The van der Waals surface area contributed by atoms with Crippen LogP contribution in [0, 0.1) is 5.82 Å². The van der Waals surface area contributed by atoms with Crippen LogP contribution in [-0.2, 0) is 16.1 Å². The average Bonchev–Trinajstić information content (AvgIpc) is 2.73. The first-order chi connectivity index (χ1) is 14.0. The van der Waals surface area contributed by atoms with E-state index in [0.29, 0.717) is 12.2 Å². The van der Waals surface area contributed by atoms with Gasteiger partial charge in [-0.25, -0.2) is 9.18 Å². The number of carbonyl (C=O) groups excluding carboxylic acids is 2. The van der Waals surface area contributed by atoms with Gasteiger partial charge in [-0.1, -0.05) is 41.9 Å². The molecule has 0 fully saturated rings. The summed E-state index contributed by atoms with van der Waals surface area (Å²) in [6.45, 7) is -0.133. The Morgan fingerprint density at radius 3 is 2.38 bits per heavy atom. The summed E-state index contributed by atoms with van der Waals surface area (Å²) in [5, 5.41) is 2.51. The van der Waals surface area contributed by atoms with E-state index in [0.717, 1.165) is 23.4 Å². The Kier molecular flexibility index (Phi) is 6.81. The quantitative estimate of drug-likeness (QED) is 0.562. The number of hydrogen-bond donors (Lipinski definition) is 1. The van der Waals surface area contributed by atoms with E-state index in [2.05, 4.69) is 5.32 Å². The molecule has 5 nitrogen and oxygen atoms in total. The lowest BCUT2D eigenvalue weighted by Gasteiger charge is -2.09. The molecule has 0 heterocycles. The van der Waals surface area contributed by atoms with Crippen LogP contribution in [0.3, 0.4) is 0 Å². The van der Waals surface area contributed by atoms with Gasteiger partial charge in [0.2, 0.25) is 0 Å². The predicted octanol–water partition coefficient (Wildman–Crippen LogP) is 4.85. The predicted molar refractivity (Wildman–Crippen MR) is 108 cm³/mol. The average molecular weight is 414 g/mol. The lowest BCUT2D eigenvalue weighted by molar-refractivity contribution is -0.119. The molecule has 1 amide bonds. The molecule has 0 saturated carbocycles. The van der Waals surface area contributed by atoms with Gasteiger partial charge in [0.25, 0.3) is 5.91 Å². The van der Waals surface area contributed by atoms with Gasteiger partial charge in [-0.05, 0) is 48.0 Å². The Morgan fingerprint density at radius 1 is 0.966 bits per heavy atom. The Hall–Kier alpha value is -3.38. The molecule has 0 aliphatic heterocycles. The molecule has 148 valence electrons. The van der Waals surface area contributed by atoms with Crippen molar-refractivity contribution < 1.29 is 23.5 Å². The van der Waals surface area contributed by atoms with Gasteiger partial charge in [0, 0.05) is 0 Å². The highest BCUT2D eigenvalue weighted by Crippen LogP contribution is 2.22. The highest BCUT2D eigenvalue weighted by atomic mass is 35.5. The summed E-state index contributed by atoms with van der Waals surface area (Å²) in [4.78, 5) is 24.0. The van der Waals surface area contributed by atoms with Crippen LogP contribution in [0.1, 0.15) is 15.9 Å². The molecule has 0 unspecified atom stereocenters. The van der Waals surface area contributed by atoms with Crippen molar-refractivity contribution in [1.82, 2.24) is 0 Å². The minimum Gasteiger partial charge on any atom is -0.489 e. The molecule has 0 spiro atoms. The van der Waals surface area contributed by atoms with Gasteiger partial charge in [0.15, 0.2) is 6.61 Å². The molecule has 0 aliphatic rings. The van der Waals surface area contributed by atoms with E-state index in [1.165, 1.54) is 6.07 Å². The summed E-state index contributed by atoms with van der Waals surface area (Å²) in [6.07, 6.45) is 0. The van der Waals surface area contributed by atoms with Gasteiger partial charge in [0.1, 0.15) is 18.2 Å². The van der Waals surface area contributed by atoms with Gasteiger partial charge in [-0.15, -0.1) is 0 Å². The van der Waals surface area contributed by atoms with Crippen molar-refractivity contribution in [2.45, 2.75) is 6.61 Å². The molecule has 3 aromatic carbocycles. The minimum absolute atomic E-state index is 0.0537. The largest absolute Gasteiger partial charge is 0.489 e. The number of para-hydroxylation sites is 1. The summed E-state index contributed by atoms with van der Waals surface area (Å²) < 4.78 is 23.7. The molecule has 0 aliphatic carbocycles. The third-order valence-corrected chi connectivity index (χ3v) is 4.19. The topological polar surface area (TPSA) is 64.6 Å². The zero-order valence-electron chi connectivity index (χ0n) is 15.2. The van der Waals surface area contributed by atoms with Gasteiger partial charge < -0.3 is 14.8 Å². The zero-order valence-corrected chi connectivity index (χ0v) is 16.0. The monoisotopic (exact) mass is 413 g/mol. The Balaban J connectivity index is 1.48. The van der Waals surface area contributed by atoms with Gasteiger partial charge in [-0.3, -0.25) is 4.79 Å². The van der Waals surface area contributed by atoms with E-state index < -0.39 is 24.3 Å². The first kappa shape index (κ1) is 20.4. The first-order valence-corrected chi connectivity index (χ1v) is 9.08. The first-order valence-electron chi connectivity index (χ1n) is 8.70. The van der Waals surface area contributed by atoms with Crippen molar-refractivity contribution in [1.29, 1.82) is 0 Å². The van der Waals surface area contributed by atoms with E-state index in [1.807, 2.05) is 30.3 Å². The SMILES string of the molecule is O=C(COC(=O)c1ccc(COc2ccccc2)cc1)Nc1ccc(F)cc1Cl. The van der Waals surface area contributed by atoms with Crippen LogP contribution in [0.25, 0.3) is 0 Å². The van der Waals surface area contributed by atoms with E-state index in [1.54, 1.807) is 24.3 Å². The maximum absolute atomic E-state index is 13.0. The standard InChI is InChI=1S/C22H17ClFNO4/c23-19-12-17(24)10-11-20(19)25-21(26)14-29-22(27)16-8-6-15(7-9-16)13-28-18-4-2-1-3-5-18/h1-12H,13-14H2,(H,25,26). The van der Waals surface area contributed by atoms with Gasteiger partial charge in [-0.2, -0.15) is 0 Å². The number of amides is 1. The molecule has 0 aromatic heterocycles. The van der Waals surface area contributed by atoms with Crippen LogP contribution in [0.4, 0.5) is 10.1 Å². The maximum atomic E-state index is 13.0. The van der Waals surface area contributed by atoms with Crippen LogP contribution in [0.5, 0.6) is 5.75 Å². The van der Waals surface area contributed by atoms with Crippen molar-refractivity contribution in [3.63, 3.8) is 0 Å². The maximum Gasteiger partial charge on any atom is 0.338 e. The molecule has 3 aromatic rings. The summed E-state index contributed by atoms with van der Waals surface area (Å²) in [7, 11) is 0. The van der Waals surface area contributed by atoms with Crippen molar-refractivity contribution in [3.05, 3.63) is 94.8 Å². The minimum atomic E-state index is -0.638. The number of halogens is 2. The van der Waals surface area contributed by atoms with E-state index in [9.17, 15) is 14.0 Å². The second kappa shape index (κ2) is 9.71. The molecule has 29 heavy (non-hydrogen) atoms. The number of carbonyl (C=O) groups is 2. The van der Waals surface area contributed by atoms with Crippen LogP contribution in [-0.4, -0.2) is 18.5 Å². The number of anilines is 1. The molecule has 0 bridgehead atoms. The van der Waals surface area contributed by atoms with Crippen molar-refractivity contribution in [2.75, 3.05) is 11.9 Å². The summed E-state index contributed by atoms with van der Waals surface area (Å²) >= 11 is 5.84. The fourth-order valence-electron chi connectivity index (χ4n) is 2.41. The molecule has 0 saturated heterocycles. The molecular formula is C22H17ClFNO4. The number of rotatable bonds is 7. The van der Waals surface area contributed by atoms with Crippen molar-refractivity contribution in [3.8, 4) is 5.75 Å². The third-order valence-electron chi connectivity index (χ3n) is 3.88. The molecule has 7 heteroatoms. The second-order valence-electron chi connectivity index (χ2n) is 6.05. The molecular weight excluding hydrogens is 397 g/mol. The van der Waals surface area contributed by atoms with Crippen molar-refractivity contribution >= 4 is 29.2 Å². The highest BCUT2D eigenvalue weighted by molar-refractivity contribution is 6.33. The van der Waals surface area contributed by atoms with Gasteiger partial charge >= 0.3 is 5.97 Å². The Bertz CT molecular complexity index is 993. The highest BCUT2D eigenvalue weighted by Gasteiger charge is 2.12. The number of esters is 1. The van der Waals surface area contributed by atoms with Gasteiger partial charge in [0.05, 0.1) is 16.3 Å². The summed E-state index contributed by atoms with van der Waals surface area (Å²) in [5.41, 5.74) is 1.42. The normalized spacial score (nSPS) is 10.3. The molecule has 1 N–H and O–H groups in total. The van der Waals surface area contributed by atoms with E-state index in [-0.39, 0.29) is 10.7 Å². The lowest BCUT2D eigenvalue weighted by atomic mass is 10.1. The van der Waals surface area contributed by atoms with Crippen LogP contribution >= 0.6 is 11.6 Å². The summed E-state index contributed by atoms with van der Waals surface area (Å²) in [6, 6.07) is 19.6. The van der Waals surface area contributed by atoms with Crippen molar-refractivity contribution in [2.24, 2.45) is 0 Å². The fourth-order valence-corrected chi connectivity index (χ4v) is 2.63. The molecule has 3 rings (SSSR count). The van der Waals surface area contributed by atoms with E-state index in [4.69, 9.17) is 21.1 Å². The number of hydrogen-bond acceptors (Lipinski definition) is 4. The lowest BCUT2D eigenvalue weighted by Crippen LogP contribution is -2.21. The number of nitrogens with one attached hydrogen (secondary N) is 1. The smallest absolute Gasteiger partial charge is 0.338 e. The summed E-state index contributed by atoms with van der Waals surface area (Å²) in [5.74, 6) is -0.985. The zero-order chi connectivity index (χ0) is 20.6. The van der Waals surface area contributed by atoms with Crippen LogP contribution in [0.2, 0.25) is 5.02 Å². The molecule has 0 radical (unpaired) electrons. The van der Waals surface area contributed by atoms with Crippen LogP contribution in [0.15, 0.2) is 72.8 Å². The van der Waals surface area contributed by atoms with Crippen LogP contribution < -0.4 is 10.1 Å². The molecule has 0 atom stereocenters. The Morgan fingerprint density at radius 2 is 1.69 bits per heavy atom.